The van der Waals surface area contributed by atoms with Crippen molar-refractivity contribution >= 4 is 17.2 Å². The van der Waals surface area contributed by atoms with Crippen LogP contribution in [0.4, 0.5) is 4.39 Å². The predicted molar refractivity (Wildman–Crippen MR) is 89.0 cm³/mol. The van der Waals surface area contributed by atoms with Crippen LogP contribution >= 0.6 is 11.3 Å². The van der Waals surface area contributed by atoms with Crippen LogP contribution in [0.1, 0.15) is 40.0 Å². The van der Waals surface area contributed by atoms with Gasteiger partial charge >= 0.3 is 0 Å². The van der Waals surface area contributed by atoms with E-state index in [1.54, 1.807) is 18.3 Å². The molecule has 2 heterocycles. The number of carbonyl (C=O) groups is 1. The van der Waals surface area contributed by atoms with Gasteiger partial charge in [0.05, 0.1) is 11.2 Å². The number of nitrogens with two attached hydrogens (primary N) is 1. The smallest absolute Gasteiger partial charge is 0.265 e. The molecule has 23 heavy (non-hydrogen) atoms. The van der Waals surface area contributed by atoms with Crippen LogP contribution in [-0.4, -0.2) is 34.4 Å². The Morgan fingerprint density at radius 3 is 2.87 bits per heavy atom. The molecule has 0 aliphatic carbocycles. The van der Waals surface area contributed by atoms with Gasteiger partial charge in [-0.1, -0.05) is 12.1 Å². The van der Waals surface area contributed by atoms with E-state index in [9.17, 15) is 9.18 Å². The number of halogens is 1. The van der Waals surface area contributed by atoms with Gasteiger partial charge in [-0.3, -0.25) is 4.79 Å². The second-order valence-corrected chi connectivity index (χ2v) is 7.17. The number of amides is 1. The highest BCUT2D eigenvalue weighted by molar-refractivity contribution is 7.13. The van der Waals surface area contributed by atoms with E-state index in [1.165, 1.54) is 23.5 Å². The molecule has 1 fully saturated rings. The van der Waals surface area contributed by atoms with Crippen molar-refractivity contribution in [1.82, 2.24) is 9.88 Å². The summed E-state index contributed by atoms with van der Waals surface area (Å²) < 4.78 is 12.9. The molecule has 0 unspecified atom stereocenters. The molecule has 4 nitrogen and oxygen atoms in total. The van der Waals surface area contributed by atoms with Gasteiger partial charge in [-0.05, 0) is 37.5 Å². The lowest BCUT2D eigenvalue weighted by molar-refractivity contribution is 0.0624. The number of benzene rings is 1. The molecule has 0 radical (unpaired) electrons. The van der Waals surface area contributed by atoms with Crippen molar-refractivity contribution in [2.24, 2.45) is 5.73 Å². The Labute approximate surface area is 139 Å². The third-order valence-corrected chi connectivity index (χ3v) is 5.20. The molecule has 1 aromatic heterocycles. The summed E-state index contributed by atoms with van der Waals surface area (Å²) in [5, 5.41) is 0.862. The molecule has 0 saturated carbocycles. The van der Waals surface area contributed by atoms with Gasteiger partial charge in [0.1, 0.15) is 10.7 Å². The van der Waals surface area contributed by atoms with Crippen LogP contribution in [0.25, 0.3) is 0 Å². The van der Waals surface area contributed by atoms with Crippen molar-refractivity contribution in [3.8, 4) is 0 Å². The summed E-state index contributed by atoms with van der Waals surface area (Å²) in [5.74, 6) is -0.215. The van der Waals surface area contributed by atoms with Crippen LogP contribution in [0.3, 0.4) is 0 Å². The van der Waals surface area contributed by atoms with E-state index in [-0.39, 0.29) is 23.8 Å². The third kappa shape index (κ3) is 3.76. The summed E-state index contributed by atoms with van der Waals surface area (Å²) in [5.41, 5.74) is 6.94. The van der Waals surface area contributed by atoms with Crippen molar-refractivity contribution in [2.45, 2.75) is 38.3 Å². The number of piperidine rings is 1. The molecule has 1 aliphatic heterocycles. The summed E-state index contributed by atoms with van der Waals surface area (Å²) in [6.45, 7) is 2.74. The largest absolute Gasteiger partial charge is 0.335 e. The highest BCUT2D eigenvalue weighted by atomic mass is 32.1. The first-order valence-electron chi connectivity index (χ1n) is 7.78. The van der Waals surface area contributed by atoms with E-state index >= 15 is 0 Å². The molecule has 1 aliphatic rings. The molecule has 1 amide bonds. The van der Waals surface area contributed by atoms with Gasteiger partial charge in [-0.15, -0.1) is 11.3 Å². The topological polar surface area (TPSA) is 59.2 Å². The first-order chi connectivity index (χ1) is 11.0. The zero-order valence-corrected chi connectivity index (χ0v) is 13.9. The van der Waals surface area contributed by atoms with E-state index in [0.717, 1.165) is 23.4 Å². The minimum absolute atomic E-state index is 0.0345. The summed E-state index contributed by atoms with van der Waals surface area (Å²) in [4.78, 5) is 19.5. The lowest BCUT2D eigenvalue weighted by atomic mass is 9.99. The average Bonchev–Trinajstić information content (AvgIpc) is 2.97. The second-order valence-electron chi connectivity index (χ2n) is 6.05. The quantitative estimate of drug-likeness (QED) is 0.939. The fraction of sp³-hybridized carbons (Fsp3) is 0.412. The van der Waals surface area contributed by atoms with Gasteiger partial charge < -0.3 is 10.6 Å². The van der Waals surface area contributed by atoms with Crippen LogP contribution in [0.15, 0.2) is 30.5 Å². The van der Waals surface area contributed by atoms with Gasteiger partial charge in [0, 0.05) is 25.0 Å². The maximum Gasteiger partial charge on any atom is 0.265 e. The van der Waals surface area contributed by atoms with E-state index in [2.05, 4.69) is 4.98 Å². The standard InChI is InChI=1S/C17H20FN3OS/c1-11-8-14(19)6-7-21(11)17(22)15-10-20-16(23-15)9-12-2-4-13(18)5-3-12/h2-5,10-11,14H,6-9,19H2,1H3/t11-,14+/m0/s1. The fourth-order valence-corrected chi connectivity index (χ4v) is 3.83. The zero-order valence-electron chi connectivity index (χ0n) is 13.0. The van der Waals surface area contributed by atoms with Crippen molar-refractivity contribution in [3.05, 3.63) is 51.7 Å². The Morgan fingerprint density at radius 2 is 2.17 bits per heavy atom. The number of hydrogen-bond donors (Lipinski definition) is 1. The van der Waals surface area contributed by atoms with E-state index in [1.807, 2.05) is 11.8 Å². The van der Waals surface area contributed by atoms with Gasteiger partial charge in [0.25, 0.3) is 5.91 Å². The Morgan fingerprint density at radius 1 is 1.43 bits per heavy atom. The molecule has 3 rings (SSSR count). The summed E-state index contributed by atoms with van der Waals surface area (Å²) in [6.07, 6.45) is 3.94. The highest BCUT2D eigenvalue weighted by Crippen LogP contribution is 2.23. The minimum atomic E-state index is -0.249. The van der Waals surface area contributed by atoms with Crippen molar-refractivity contribution in [2.75, 3.05) is 6.54 Å². The number of aromatic nitrogens is 1. The molecule has 2 atom stereocenters. The Balaban J connectivity index is 1.68. The van der Waals surface area contributed by atoms with Crippen LogP contribution in [0, 0.1) is 5.82 Å². The Bertz CT molecular complexity index is 685. The van der Waals surface area contributed by atoms with Gasteiger partial charge in [-0.25, -0.2) is 9.37 Å². The Kier molecular flexibility index (Phi) is 4.73. The molecule has 6 heteroatoms. The van der Waals surface area contributed by atoms with Gasteiger partial charge in [0.15, 0.2) is 0 Å². The molecule has 0 spiro atoms. The zero-order chi connectivity index (χ0) is 16.4. The molecular formula is C17H20FN3OS. The van der Waals surface area contributed by atoms with Crippen LogP contribution in [0.2, 0.25) is 0 Å². The average molecular weight is 333 g/mol. The lowest BCUT2D eigenvalue weighted by Gasteiger charge is -2.36. The summed E-state index contributed by atoms with van der Waals surface area (Å²) in [6, 6.07) is 6.71. The molecule has 1 saturated heterocycles. The van der Waals surface area contributed by atoms with Crippen LogP contribution < -0.4 is 5.73 Å². The van der Waals surface area contributed by atoms with E-state index in [0.29, 0.717) is 17.8 Å². The second kappa shape index (κ2) is 6.76. The van der Waals surface area contributed by atoms with Crippen molar-refractivity contribution < 1.29 is 9.18 Å². The van der Waals surface area contributed by atoms with E-state index < -0.39 is 0 Å². The number of likely N-dealkylation sites (tertiary alicyclic amines) is 1. The normalized spacial score (nSPS) is 21.4. The maximum atomic E-state index is 12.9. The monoisotopic (exact) mass is 333 g/mol. The first kappa shape index (κ1) is 16.1. The minimum Gasteiger partial charge on any atom is -0.335 e. The number of carbonyl (C=O) groups excluding carboxylic acids is 1. The van der Waals surface area contributed by atoms with Gasteiger partial charge in [0.2, 0.25) is 0 Å². The lowest BCUT2D eigenvalue weighted by Crippen LogP contribution is -2.48. The van der Waals surface area contributed by atoms with Crippen LogP contribution in [0.5, 0.6) is 0 Å². The molecule has 2 aromatic rings. The SMILES string of the molecule is C[C@H]1C[C@H](N)CCN1C(=O)c1cnc(Cc2ccc(F)cc2)s1. The fourth-order valence-electron chi connectivity index (χ4n) is 2.92. The Hall–Kier alpha value is -1.79. The number of rotatable bonds is 3. The predicted octanol–water partition coefficient (Wildman–Crippen LogP) is 2.82. The molecule has 1 aromatic carbocycles. The maximum absolute atomic E-state index is 12.9. The van der Waals surface area contributed by atoms with Crippen molar-refractivity contribution in [3.63, 3.8) is 0 Å². The van der Waals surface area contributed by atoms with Crippen molar-refractivity contribution in [1.29, 1.82) is 0 Å². The number of hydrogen-bond acceptors (Lipinski definition) is 4. The first-order valence-corrected chi connectivity index (χ1v) is 8.60. The molecule has 122 valence electrons. The highest BCUT2D eigenvalue weighted by Gasteiger charge is 2.28. The number of thiazole rings is 1. The summed E-state index contributed by atoms with van der Waals surface area (Å²) >= 11 is 1.41. The van der Waals surface area contributed by atoms with Gasteiger partial charge in [-0.2, -0.15) is 0 Å². The van der Waals surface area contributed by atoms with E-state index in [4.69, 9.17) is 5.73 Å². The van der Waals surface area contributed by atoms with Crippen LogP contribution in [-0.2, 0) is 6.42 Å². The third-order valence-electron chi connectivity index (χ3n) is 4.21. The summed E-state index contributed by atoms with van der Waals surface area (Å²) in [7, 11) is 0. The molecule has 2 N–H and O–H groups in total. The number of nitrogens with zero attached hydrogens (tertiary/aromatic N) is 2. The molecular weight excluding hydrogens is 313 g/mol. The molecule has 0 bridgehead atoms.